The van der Waals surface area contributed by atoms with Crippen LogP contribution in [0.15, 0.2) is 18.2 Å². The number of halogens is 2. The van der Waals surface area contributed by atoms with Gasteiger partial charge in [-0.25, -0.2) is 0 Å². The number of nitrogens with zero attached hydrogens (tertiary/aromatic N) is 4. The topological polar surface area (TPSA) is 33.5 Å². The average molecular weight is 536 g/mol. The summed E-state index contributed by atoms with van der Waals surface area (Å²) in [6, 6.07) is 9.01. The van der Waals surface area contributed by atoms with Gasteiger partial charge in [-0.1, -0.05) is 44.6 Å². The summed E-state index contributed by atoms with van der Waals surface area (Å²) in [6.07, 6.45) is 14.3. The second-order valence-corrected chi connectivity index (χ2v) is 12.0. The van der Waals surface area contributed by atoms with Crippen molar-refractivity contribution in [1.82, 2.24) is 14.8 Å². The molecule has 0 N–H and O–H groups in total. The van der Waals surface area contributed by atoms with Gasteiger partial charge in [0.2, 0.25) is 0 Å². The Morgan fingerprint density at radius 1 is 0.909 bits per heavy atom. The number of pyridine rings is 1. The predicted octanol–water partition coefficient (Wildman–Crippen LogP) is 7.30. The van der Waals surface area contributed by atoms with Gasteiger partial charge in [-0.15, -0.1) is 6.04 Å². The van der Waals surface area contributed by atoms with E-state index in [1.165, 1.54) is 62.8 Å². The summed E-state index contributed by atoms with van der Waals surface area (Å²) >= 11 is 0.00694. The van der Waals surface area contributed by atoms with Gasteiger partial charge in [-0.2, -0.15) is 18.9 Å². The molecule has 2 saturated carbocycles. The van der Waals surface area contributed by atoms with Crippen LogP contribution in [0.1, 0.15) is 95.1 Å². The van der Waals surface area contributed by atoms with Crippen molar-refractivity contribution in [2.45, 2.75) is 102 Å². The van der Waals surface area contributed by atoms with Gasteiger partial charge in [-0.05, 0) is 65.0 Å². The zero-order valence-electron chi connectivity index (χ0n) is 20.8. The van der Waals surface area contributed by atoms with Crippen LogP contribution in [-0.2, 0) is 13.1 Å². The molecule has 33 heavy (non-hydrogen) atoms. The van der Waals surface area contributed by atoms with Gasteiger partial charge in [0.05, 0.1) is 11.4 Å². The molecule has 0 radical (unpaired) electrons. The van der Waals surface area contributed by atoms with Crippen LogP contribution in [0.5, 0.6) is 0 Å². The molecule has 0 spiro atoms. The Kier molecular flexibility index (Phi) is 11.8. The van der Waals surface area contributed by atoms with Crippen molar-refractivity contribution in [3.63, 3.8) is 0 Å². The molecular formula is C26H42Cl2MnN4-2. The summed E-state index contributed by atoms with van der Waals surface area (Å²) in [4.78, 5) is 10.4. The molecule has 1 aromatic heterocycles. The van der Waals surface area contributed by atoms with Gasteiger partial charge in [0.25, 0.3) is 0 Å². The van der Waals surface area contributed by atoms with E-state index in [4.69, 9.17) is 30.5 Å². The second-order valence-electron chi connectivity index (χ2n) is 10.1. The Bertz CT molecular complexity index is 655. The van der Waals surface area contributed by atoms with Gasteiger partial charge in [-0.3, -0.25) is 14.8 Å². The van der Waals surface area contributed by atoms with E-state index in [9.17, 15) is 0 Å². The molecule has 2 bridgehead atoms. The first-order chi connectivity index (χ1) is 16.0. The minimum atomic E-state index is 0.00694. The summed E-state index contributed by atoms with van der Waals surface area (Å²) in [6.45, 7) is 5.67. The zero-order chi connectivity index (χ0) is 23.8. The number of likely N-dealkylation sites (N-methyl/N-ethyl adjacent to an activating group) is 1. The first-order valence-corrected chi connectivity index (χ1v) is 16.0. The van der Waals surface area contributed by atoms with E-state index in [0.29, 0.717) is 36.1 Å². The fourth-order valence-corrected chi connectivity index (χ4v) is 6.16. The molecule has 2 heterocycles. The molecule has 1 aromatic rings. The van der Waals surface area contributed by atoms with Gasteiger partial charge >= 0.3 is 33.3 Å². The van der Waals surface area contributed by atoms with Gasteiger partial charge in [0, 0.05) is 12.1 Å². The molecule has 2 unspecified atom stereocenters. The Morgan fingerprint density at radius 3 is 2.12 bits per heavy atom. The van der Waals surface area contributed by atoms with Crippen molar-refractivity contribution in [3.05, 3.63) is 41.3 Å². The minimum absolute atomic E-state index is 0.00694. The normalized spacial score (nSPS) is 34.6. The van der Waals surface area contributed by atoms with E-state index in [2.05, 4.69) is 62.4 Å². The van der Waals surface area contributed by atoms with E-state index in [1.807, 2.05) is 0 Å². The molecule has 1 aliphatic heterocycles. The molecule has 0 saturated heterocycles. The van der Waals surface area contributed by atoms with Crippen LogP contribution >= 0.6 is 20.2 Å². The Labute approximate surface area is 217 Å². The standard InChI is InChI=1S/C26H42N4.2ClH.Mn/c1-19-22-14-9-15-23(28-22)20(2)30(4)26-17-8-6-13-24(26)27-18-10-12-21-11-5-7-16-25(21)29(19)3;;;/h9,12,14-15,19-21,24-26H,5-8,10-11,13,16-18H2,1-4H3;2*1H;/q-2;;;+2/p-2/t19-,20-,21-,24?,25+,26?;;;/m0.../s1. The van der Waals surface area contributed by atoms with Crippen LogP contribution < -0.4 is 0 Å². The number of hydrogen-bond acceptors (Lipinski definition) is 3. The van der Waals surface area contributed by atoms with Crippen molar-refractivity contribution >= 4 is 20.2 Å². The summed E-state index contributed by atoms with van der Waals surface area (Å²) in [5.74, 6) is 0.693. The van der Waals surface area contributed by atoms with E-state index in [1.54, 1.807) is 0 Å². The van der Waals surface area contributed by atoms with Crippen LogP contribution in [-0.4, -0.2) is 53.5 Å². The van der Waals surface area contributed by atoms with Crippen LogP contribution in [0, 0.1) is 12.3 Å². The fraction of sp³-hybridized carbons (Fsp3) is 0.769. The van der Waals surface area contributed by atoms with Gasteiger partial charge in [0.15, 0.2) is 0 Å². The Balaban J connectivity index is 0.000000968. The van der Waals surface area contributed by atoms with Crippen LogP contribution in [0.2, 0.25) is 0 Å². The van der Waals surface area contributed by atoms with E-state index < -0.39 is 0 Å². The zero-order valence-corrected chi connectivity index (χ0v) is 23.5. The van der Waals surface area contributed by atoms with Crippen molar-refractivity contribution in [1.29, 1.82) is 0 Å². The van der Waals surface area contributed by atoms with Crippen LogP contribution in [0.3, 0.4) is 0 Å². The second kappa shape index (κ2) is 14.0. The van der Waals surface area contributed by atoms with Gasteiger partial charge < -0.3 is 11.7 Å². The van der Waals surface area contributed by atoms with Crippen LogP contribution in [0.25, 0.3) is 5.32 Å². The first kappa shape index (κ1) is 27.7. The number of hydrogen-bond donors (Lipinski definition) is 0. The van der Waals surface area contributed by atoms with E-state index >= 15 is 0 Å². The third kappa shape index (κ3) is 7.32. The fourth-order valence-electron chi connectivity index (χ4n) is 6.16. The molecule has 6 atom stereocenters. The quantitative estimate of drug-likeness (QED) is 0.258. The maximum absolute atomic E-state index is 5.24. The van der Waals surface area contributed by atoms with Crippen molar-refractivity contribution in [2.24, 2.45) is 5.92 Å². The number of fused-ring (bicyclic) bond motifs is 4. The molecule has 3 aliphatic rings. The molecule has 7 heteroatoms. The van der Waals surface area contributed by atoms with Gasteiger partial charge in [0.1, 0.15) is 0 Å². The first-order valence-electron chi connectivity index (χ1n) is 12.8. The summed E-state index contributed by atoms with van der Waals surface area (Å²) in [5.41, 5.74) is 2.43. The summed E-state index contributed by atoms with van der Waals surface area (Å²) in [7, 11) is 14.2. The van der Waals surface area contributed by atoms with Crippen molar-refractivity contribution in [3.8, 4) is 0 Å². The molecule has 2 fully saturated rings. The van der Waals surface area contributed by atoms with E-state index in [0.717, 1.165) is 13.0 Å². The molecule has 0 aromatic carbocycles. The Hall–Kier alpha value is 0.129. The third-order valence-corrected chi connectivity index (χ3v) is 8.35. The molecule has 4 rings (SSSR count). The third-order valence-electron chi connectivity index (χ3n) is 8.35. The van der Waals surface area contributed by atoms with Crippen LogP contribution in [0.4, 0.5) is 0 Å². The maximum atomic E-state index is 5.24. The summed E-state index contributed by atoms with van der Waals surface area (Å²) < 4.78 is 0. The Morgan fingerprint density at radius 2 is 1.45 bits per heavy atom. The molecule has 4 nitrogen and oxygen atoms in total. The van der Waals surface area contributed by atoms with Crippen molar-refractivity contribution < 1.29 is 13.1 Å². The molecule has 0 amide bonds. The van der Waals surface area contributed by atoms with E-state index in [-0.39, 0.29) is 13.1 Å². The molecular weight excluding hydrogens is 494 g/mol. The van der Waals surface area contributed by atoms with Crippen molar-refractivity contribution in [2.75, 3.05) is 20.6 Å². The molecule has 2 aliphatic carbocycles. The summed E-state index contributed by atoms with van der Waals surface area (Å²) in [5, 5.41) is 5.24. The monoisotopic (exact) mass is 535 g/mol. The number of aromatic nitrogens is 1. The predicted molar refractivity (Wildman–Crippen MR) is 137 cm³/mol. The number of rotatable bonds is 0. The average Bonchev–Trinajstić information content (AvgIpc) is 2.85. The molecule has 189 valence electrons. The SMILES string of the molecule is C[C@H]1c2cccc(n2)[C@H](C)N(C)[C@@H]2CCCC[C@H]2[CH-]CC[N-]C2CCCCC2N1C.[Cl][Mn][Cl].